The molecular weight excluding hydrogens is 448 g/mol. The topological polar surface area (TPSA) is 55.8 Å². The van der Waals surface area contributed by atoms with E-state index in [1.807, 2.05) is 0 Å². The zero-order chi connectivity index (χ0) is 26.4. The van der Waals surface area contributed by atoms with Crippen molar-refractivity contribution in [3.63, 3.8) is 0 Å². The van der Waals surface area contributed by atoms with Crippen molar-refractivity contribution in [2.75, 3.05) is 19.8 Å². The van der Waals surface area contributed by atoms with Gasteiger partial charge in [0.15, 0.2) is 0 Å². The number of rotatable bonds is 30. The molecule has 1 atom stereocenters. The monoisotopic (exact) mass is 512 g/mol. The molecule has 216 valence electrons. The van der Waals surface area contributed by atoms with Crippen LogP contribution in [0.2, 0.25) is 0 Å². The van der Waals surface area contributed by atoms with Gasteiger partial charge in [0.1, 0.15) is 6.10 Å². The van der Waals surface area contributed by atoms with Gasteiger partial charge in [-0.3, -0.25) is 4.79 Å². The van der Waals surface area contributed by atoms with Gasteiger partial charge in [-0.1, -0.05) is 155 Å². The van der Waals surface area contributed by atoms with E-state index in [2.05, 4.69) is 13.8 Å². The van der Waals surface area contributed by atoms with Crippen molar-refractivity contribution in [3.8, 4) is 0 Å². The lowest BCUT2D eigenvalue weighted by Gasteiger charge is -2.15. The third kappa shape index (κ3) is 28.0. The highest BCUT2D eigenvalue weighted by Crippen LogP contribution is 2.15. The second-order valence-electron chi connectivity index (χ2n) is 10.9. The first-order valence-corrected chi connectivity index (χ1v) is 16.1. The summed E-state index contributed by atoms with van der Waals surface area (Å²) in [6.07, 6.45) is 31.4. The van der Waals surface area contributed by atoms with Crippen LogP contribution < -0.4 is 0 Å². The number of ether oxygens (including phenoxy) is 2. The molecule has 0 saturated carbocycles. The fraction of sp³-hybridized carbons (Fsp3) is 0.969. The van der Waals surface area contributed by atoms with E-state index >= 15 is 0 Å². The number of unbranched alkanes of at least 4 members (excludes halogenated alkanes) is 22. The normalized spacial score (nSPS) is 12.2. The summed E-state index contributed by atoms with van der Waals surface area (Å²) in [6.45, 7) is 5.32. The van der Waals surface area contributed by atoms with Gasteiger partial charge in [0, 0.05) is 13.0 Å². The first-order valence-electron chi connectivity index (χ1n) is 16.1. The van der Waals surface area contributed by atoms with Crippen LogP contribution in [-0.2, 0) is 14.3 Å². The maximum atomic E-state index is 12.0. The molecule has 0 aliphatic carbocycles. The van der Waals surface area contributed by atoms with Crippen molar-refractivity contribution < 1.29 is 19.4 Å². The van der Waals surface area contributed by atoms with Gasteiger partial charge < -0.3 is 14.6 Å². The van der Waals surface area contributed by atoms with E-state index in [4.69, 9.17) is 9.47 Å². The molecule has 0 aromatic rings. The molecule has 4 heteroatoms. The number of esters is 1. The highest BCUT2D eigenvalue weighted by Gasteiger charge is 2.13. The molecular formula is C32H64O4. The first-order chi connectivity index (χ1) is 17.7. The summed E-state index contributed by atoms with van der Waals surface area (Å²) in [4.78, 5) is 12.0. The molecule has 0 bridgehead atoms. The van der Waals surface area contributed by atoms with Gasteiger partial charge >= 0.3 is 5.97 Å². The van der Waals surface area contributed by atoms with Crippen LogP contribution in [0.3, 0.4) is 0 Å². The molecule has 1 N–H and O–H groups in total. The predicted molar refractivity (Wildman–Crippen MR) is 155 cm³/mol. The lowest BCUT2D eigenvalue weighted by atomic mass is 10.0. The summed E-state index contributed by atoms with van der Waals surface area (Å²) in [7, 11) is 0. The van der Waals surface area contributed by atoms with Crippen LogP contribution in [0.25, 0.3) is 0 Å². The second kappa shape index (κ2) is 30.6. The van der Waals surface area contributed by atoms with Crippen molar-refractivity contribution in [2.24, 2.45) is 0 Å². The van der Waals surface area contributed by atoms with Crippen molar-refractivity contribution in [2.45, 2.75) is 180 Å². The Morgan fingerprint density at radius 2 is 0.917 bits per heavy atom. The SMILES string of the molecule is CCCCCCCCCCCCCCCCCCCCC(=O)OC(CO)COCCCCCCCC. The zero-order valence-corrected chi connectivity index (χ0v) is 24.5. The fourth-order valence-corrected chi connectivity index (χ4v) is 4.74. The van der Waals surface area contributed by atoms with Gasteiger partial charge in [-0.2, -0.15) is 0 Å². The Kier molecular flexibility index (Phi) is 30.1. The maximum absolute atomic E-state index is 12.0. The Labute approximate surface area is 225 Å². The van der Waals surface area contributed by atoms with Gasteiger partial charge in [0.25, 0.3) is 0 Å². The molecule has 0 rings (SSSR count). The molecule has 0 aliphatic heterocycles. The Morgan fingerprint density at radius 3 is 1.31 bits per heavy atom. The second-order valence-corrected chi connectivity index (χ2v) is 10.9. The fourth-order valence-electron chi connectivity index (χ4n) is 4.74. The van der Waals surface area contributed by atoms with Gasteiger partial charge in [-0.25, -0.2) is 0 Å². The summed E-state index contributed by atoms with van der Waals surface area (Å²) in [5.74, 6) is -0.200. The third-order valence-electron chi connectivity index (χ3n) is 7.18. The average Bonchev–Trinajstić information content (AvgIpc) is 2.88. The van der Waals surface area contributed by atoms with Crippen LogP contribution in [0, 0.1) is 0 Å². The van der Waals surface area contributed by atoms with Crippen LogP contribution in [-0.4, -0.2) is 37.0 Å². The molecule has 4 nitrogen and oxygen atoms in total. The number of hydrogen-bond donors (Lipinski definition) is 1. The Morgan fingerprint density at radius 1 is 0.556 bits per heavy atom. The zero-order valence-electron chi connectivity index (χ0n) is 24.5. The van der Waals surface area contributed by atoms with Crippen LogP contribution >= 0.6 is 0 Å². The summed E-state index contributed by atoms with van der Waals surface area (Å²) < 4.78 is 11.0. The predicted octanol–water partition coefficient (Wildman–Crippen LogP) is 9.70. The Bertz CT molecular complexity index is 426. The highest BCUT2D eigenvalue weighted by molar-refractivity contribution is 5.69. The molecule has 0 fully saturated rings. The first kappa shape index (κ1) is 35.4. The summed E-state index contributed by atoms with van der Waals surface area (Å²) >= 11 is 0. The molecule has 1 unspecified atom stereocenters. The number of aliphatic hydroxyl groups excluding tert-OH is 1. The van der Waals surface area contributed by atoms with Gasteiger partial charge in [0.2, 0.25) is 0 Å². The van der Waals surface area contributed by atoms with Crippen LogP contribution in [0.5, 0.6) is 0 Å². The van der Waals surface area contributed by atoms with Crippen molar-refractivity contribution in [3.05, 3.63) is 0 Å². The van der Waals surface area contributed by atoms with Gasteiger partial charge in [0.05, 0.1) is 13.2 Å². The van der Waals surface area contributed by atoms with Crippen LogP contribution in [0.15, 0.2) is 0 Å². The molecule has 36 heavy (non-hydrogen) atoms. The van der Waals surface area contributed by atoms with Crippen molar-refractivity contribution >= 4 is 5.97 Å². The minimum absolute atomic E-state index is 0.165. The smallest absolute Gasteiger partial charge is 0.306 e. The van der Waals surface area contributed by atoms with E-state index in [9.17, 15) is 9.90 Å². The molecule has 0 amide bonds. The van der Waals surface area contributed by atoms with E-state index in [1.54, 1.807) is 0 Å². The van der Waals surface area contributed by atoms with E-state index < -0.39 is 6.10 Å². The van der Waals surface area contributed by atoms with Crippen LogP contribution in [0.4, 0.5) is 0 Å². The number of carbonyl (C=O) groups is 1. The van der Waals surface area contributed by atoms with E-state index in [-0.39, 0.29) is 12.6 Å². The van der Waals surface area contributed by atoms with Crippen molar-refractivity contribution in [1.82, 2.24) is 0 Å². The van der Waals surface area contributed by atoms with Crippen LogP contribution in [0.1, 0.15) is 174 Å². The Hall–Kier alpha value is -0.610. The molecule has 0 heterocycles. The molecule has 0 aliphatic rings. The number of aliphatic hydroxyl groups is 1. The lowest BCUT2D eigenvalue weighted by Crippen LogP contribution is -2.27. The largest absolute Gasteiger partial charge is 0.457 e. The molecule has 0 radical (unpaired) electrons. The summed E-state index contributed by atoms with van der Waals surface area (Å²) in [6, 6.07) is 0. The summed E-state index contributed by atoms with van der Waals surface area (Å²) in [5.41, 5.74) is 0. The molecule has 0 saturated heterocycles. The molecule has 0 aromatic carbocycles. The lowest BCUT2D eigenvalue weighted by molar-refractivity contribution is -0.154. The quantitative estimate of drug-likeness (QED) is 0.0768. The molecule has 0 aromatic heterocycles. The van der Waals surface area contributed by atoms with Crippen molar-refractivity contribution in [1.29, 1.82) is 0 Å². The average molecular weight is 513 g/mol. The number of hydrogen-bond acceptors (Lipinski definition) is 4. The van der Waals surface area contributed by atoms with Gasteiger partial charge in [-0.15, -0.1) is 0 Å². The minimum Gasteiger partial charge on any atom is -0.457 e. The standard InChI is InChI=1S/C32H64O4/c1-3-5-7-9-11-12-13-14-15-16-17-18-19-20-21-22-23-25-27-32(34)36-31(29-33)30-35-28-26-24-10-8-6-4-2/h31,33H,3-30H2,1-2H3. The van der Waals surface area contributed by atoms with E-state index in [0.717, 1.165) is 19.3 Å². The molecule has 0 spiro atoms. The highest BCUT2D eigenvalue weighted by atomic mass is 16.6. The van der Waals surface area contributed by atoms with E-state index in [1.165, 1.54) is 135 Å². The van der Waals surface area contributed by atoms with E-state index in [0.29, 0.717) is 19.6 Å². The minimum atomic E-state index is -0.520. The third-order valence-corrected chi connectivity index (χ3v) is 7.18. The summed E-state index contributed by atoms with van der Waals surface area (Å²) in [5, 5.41) is 9.45. The van der Waals surface area contributed by atoms with Gasteiger partial charge in [-0.05, 0) is 12.8 Å². The number of carbonyl (C=O) groups excluding carboxylic acids is 1. The maximum Gasteiger partial charge on any atom is 0.306 e. The Balaban J connectivity index is 3.35.